The van der Waals surface area contributed by atoms with Crippen molar-refractivity contribution in [3.8, 4) is 0 Å². The highest BCUT2D eigenvalue weighted by molar-refractivity contribution is 6.30. The number of nitrogens with zero attached hydrogens (tertiary/aromatic N) is 4. The summed E-state index contributed by atoms with van der Waals surface area (Å²) in [6.07, 6.45) is 2.12. The quantitative estimate of drug-likeness (QED) is 0.710. The summed E-state index contributed by atoms with van der Waals surface area (Å²) >= 11 is 5.92. The normalized spacial score (nSPS) is 18.6. The molecule has 0 bridgehead atoms. The fourth-order valence-electron chi connectivity index (χ4n) is 3.92. The van der Waals surface area contributed by atoms with E-state index in [1.807, 2.05) is 29.2 Å². The molecule has 0 saturated carbocycles. The van der Waals surface area contributed by atoms with Crippen LogP contribution >= 0.6 is 36.4 Å². The number of nitrogens with two attached hydrogens (primary N) is 1. The highest BCUT2D eigenvalue weighted by atomic mass is 35.5. The molecule has 2 aliphatic rings. The molecule has 1 saturated heterocycles. The summed E-state index contributed by atoms with van der Waals surface area (Å²) in [4.78, 5) is 25.7. The Hall–Kier alpha value is -1.80. The third kappa shape index (κ3) is 5.09. The molecule has 1 amide bonds. The van der Waals surface area contributed by atoms with E-state index in [4.69, 9.17) is 17.3 Å². The van der Waals surface area contributed by atoms with Gasteiger partial charge in [-0.3, -0.25) is 4.79 Å². The fraction of sp³-hybridized carbons (Fsp3) is 0.450. The number of halogens is 3. The number of aromatic nitrogens is 2. The third-order valence-electron chi connectivity index (χ3n) is 5.51. The second-order valence-corrected chi connectivity index (χ2v) is 7.93. The summed E-state index contributed by atoms with van der Waals surface area (Å²) in [6, 6.07) is 6.93. The van der Waals surface area contributed by atoms with Gasteiger partial charge in [0, 0.05) is 49.2 Å². The van der Waals surface area contributed by atoms with Crippen molar-refractivity contribution in [3.63, 3.8) is 0 Å². The monoisotopic (exact) mass is 472 g/mol. The number of benzene rings is 1. The molecule has 3 N–H and O–H groups in total. The lowest BCUT2D eigenvalue weighted by atomic mass is 10.0. The lowest BCUT2D eigenvalue weighted by Crippen LogP contribution is -2.54. The first-order chi connectivity index (χ1) is 13.5. The summed E-state index contributed by atoms with van der Waals surface area (Å²) in [5.74, 6) is 2.30. The molecule has 2 aliphatic heterocycles. The average molecular weight is 474 g/mol. The van der Waals surface area contributed by atoms with Gasteiger partial charge >= 0.3 is 0 Å². The zero-order chi connectivity index (χ0) is 19.7. The molecular formula is C20H27Cl3N6O. The summed E-state index contributed by atoms with van der Waals surface area (Å²) in [6.45, 7) is 5.85. The van der Waals surface area contributed by atoms with Crippen LogP contribution in [0.25, 0.3) is 0 Å². The zero-order valence-electron chi connectivity index (χ0n) is 16.8. The molecule has 4 rings (SSSR count). The van der Waals surface area contributed by atoms with Crippen LogP contribution in [0.2, 0.25) is 5.02 Å². The van der Waals surface area contributed by atoms with E-state index in [2.05, 4.69) is 27.1 Å². The van der Waals surface area contributed by atoms with Gasteiger partial charge in [-0.2, -0.15) is 0 Å². The fourth-order valence-corrected chi connectivity index (χ4v) is 4.05. The highest BCUT2D eigenvalue weighted by Gasteiger charge is 2.30. The van der Waals surface area contributed by atoms with Crippen LogP contribution in [0.3, 0.4) is 0 Å². The van der Waals surface area contributed by atoms with Gasteiger partial charge in [0.05, 0.1) is 6.04 Å². The molecule has 7 nitrogen and oxygen atoms in total. The van der Waals surface area contributed by atoms with Crippen LogP contribution < -0.4 is 16.0 Å². The standard InChI is InChI=1S/C20H25ClN6O.2ClH/c1-13-11-23-18-17(13)19(25-12-24-18)26-6-8-27(9-7-26)20(28)16(22)10-14-2-4-15(21)5-3-14;;/h2-5,12-13,16H,6-11,22H2,1H3,(H,23,24,25);2*1H. The predicted molar refractivity (Wildman–Crippen MR) is 125 cm³/mol. The minimum absolute atomic E-state index is 0. The number of rotatable bonds is 4. The molecule has 2 atom stereocenters. The predicted octanol–water partition coefficient (Wildman–Crippen LogP) is 2.72. The number of carbonyl (C=O) groups is 1. The van der Waals surface area contributed by atoms with Crippen LogP contribution in [-0.4, -0.2) is 59.5 Å². The van der Waals surface area contributed by atoms with E-state index in [0.717, 1.165) is 36.8 Å². The van der Waals surface area contributed by atoms with Crippen LogP contribution in [0.5, 0.6) is 0 Å². The second kappa shape index (κ2) is 10.5. The zero-order valence-corrected chi connectivity index (χ0v) is 19.1. The smallest absolute Gasteiger partial charge is 0.239 e. The maximum absolute atomic E-state index is 12.8. The Morgan fingerprint density at radius 1 is 1.20 bits per heavy atom. The molecule has 2 aromatic rings. The van der Waals surface area contributed by atoms with Crippen LogP contribution in [0.1, 0.15) is 24.0 Å². The van der Waals surface area contributed by atoms with Gasteiger partial charge in [0.25, 0.3) is 0 Å². The van der Waals surface area contributed by atoms with Gasteiger partial charge < -0.3 is 20.9 Å². The molecule has 3 heterocycles. The molecule has 1 fully saturated rings. The topological polar surface area (TPSA) is 87.4 Å². The van der Waals surface area contributed by atoms with Crippen molar-refractivity contribution in [2.75, 3.05) is 42.9 Å². The third-order valence-corrected chi connectivity index (χ3v) is 5.76. The largest absolute Gasteiger partial charge is 0.369 e. The van der Waals surface area contributed by atoms with E-state index in [0.29, 0.717) is 30.5 Å². The van der Waals surface area contributed by atoms with Gasteiger partial charge in [-0.15, -0.1) is 24.8 Å². The van der Waals surface area contributed by atoms with Crippen molar-refractivity contribution >= 4 is 54.0 Å². The minimum Gasteiger partial charge on any atom is -0.369 e. The Kier molecular flexibility index (Phi) is 8.55. The first-order valence-electron chi connectivity index (χ1n) is 9.65. The minimum atomic E-state index is -0.541. The van der Waals surface area contributed by atoms with Crippen molar-refractivity contribution in [1.29, 1.82) is 0 Å². The number of fused-ring (bicyclic) bond motifs is 1. The summed E-state index contributed by atoms with van der Waals surface area (Å²) < 4.78 is 0. The van der Waals surface area contributed by atoms with E-state index in [-0.39, 0.29) is 30.7 Å². The van der Waals surface area contributed by atoms with Gasteiger partial charge in [0.2, 0.25) is 5.91 Å². The van der Waals surface area contributed by atoms with Gasteiger partial charge in [0.15, 0.2) is 0 Å². The van der Waals surface area contributed by atoms with Crippen LogP contribution in [0.4, 0.5) is 11.6 Å². The van der Waals surface area contributed by atoms with Crippen molar-refractivity contribution in [3.05, 3.63) is 46.7 Å². The SMILES string of the molecule is CC1CNc2ncnc(N3CCN(C(=O)C(N)Cc4ccc(Cl)cc4)CC3)c21.Cl.Cl. The summed E-state index contributed by atoms with van der Waals surface area (Å²) in [5, 5.41) is 4.01. The Bertz CT molecular complexity index is 858. The lowest BCUT2D eigenvalue weighted by molar-refractivity contribution is -0.132. The molecule has 0 radical (unpaired) electrons. The molecule has 1 aromatic heterocycles. The van der Waals surface area contributed by atoms with Gasteiger partial charge in [-0.05, 0) is 24.1 Å². The molecule has 0 spiro atoms. The maximum Gasteiger partial charge on any atom is 0.239 e. The Morgan fingerprint density at radius 3 is 2.53 bits per heavy atom. The first kappa shape index (κ1) is 24.5. The number of carbonyl (C=O) groups excluding carboxylic acids is 1. The molecule has 1 aromatic carbocycles. The molecule has 2 unspecified atom stereocenters. The van der Waals surface area contributed by atoms with Crippen molar-refractivity contribution in [2.24, 2.45) is 5.73 Å². The molecule has 10 heteroatoms. The molecular weight excluding hydrogens is 447 g/mol. The number of anilines is 2. The van der Waals surface area contributed by atoms with E-state index >= 15 is 0 Å². The first-order valence-corrected chi connectivity index (χ1v) is 10.0. The van der Waals surface area contributed by atoms with Crippen LogP contribution in [-0.2, 0) is 11.2 Å². The van der Waals surface area contributed by atoms with Crippen molar-refractivity contribution in [2.45, 2.75) is 25.3 Å². The Balaban J connectivity index is 0.00000160. The van der Waals surface area contributed by atoms with E-state index in [1.54, 1.807) is 6.33 Å². The summed E-state index contributed by atoms with van der Waals surface area (Å²) in [7, 11) is 0. The maximum atomic E-state index is 12.8. The van der Waals surface area contributed by atoms with Gasteiger partial charge in [-0.25, -0.2) is 9.97 Å². The van der Waals surface area contributed by atoms with Crippen molar-refractivity contribution in [1.82, 2.24) is 14.9 Å². The Morgan fingerprint density at radius 2 is 1.87 bits per heavy atom. The number of nitrogens with one attached hydrogen (secondary N) is 1. The number of hydrogen-bond donors (Lipinski definition) is 2. The summed E-state index contributed by atoms with van der Waals surface area (Å²) in [5.41, 5.74) is 8.39. The second-order valence-electron chi connectivity index (χ2n) is 7.49. The van der Waals surface area contributed by atoms with Gasteiger partial charge in [0.1, 0.15) is 18.0 Å². The van der Waals surface area contributed by atoms with Gasteiger partial charge in [-0.1, -0.05) is 30.7 Å². The van der Waals surface area contributed by atoms with E-state index in [1.165, 1.54) is 5.56 Å². The highest BCUT2D eigenvalue weighted by Crippen LogP contribution is 2.35. The average Bonchev–Trinajstić information content (AvgIpc) is 3.10. The van der Waals surface area contributed by atoms with E-state index in [9.17, 15) is 4.79 Å². The Labute approximate surface area is 194 Å². The van der Waals surface area contributed by atoms with Crippen LogP contribution in [0, 0.1) is 0 Å². The molecule has 0 aliphatic carbocycles. The number of piperazine rings is 1. The molecule has 164 valence electrons. The molecule has 30 heavy (non-hydrogen) atoms. The lowest BCUT2D eigenvalue weighted by Gasteiger charge is -2.37. The van der Waals surface area contributed by atoms with E-state index < -0.39 is 6.04 Å². The van der Waals surface area contributed by atoms with Crippen molar-refractivity contribution < 1.29 is 4.79 Å². The number of amides is 1. The number of hydrogen-bond acceptors (Lipinski definition) is 6. The van der Waals surface area contributed by atoms with Crippen LogP contribution in [0.15, 0.2) is 30.6 Å².